The number of benzene rings is 2. The van der Waals surface area contributed by atoms with Gasteiger partial charge in [-0.15, -0.1) is 0 Å². The number of nitrogens with zero attached hydrogens (tertiary/aromatic N) is 1. The van der Waals surface area contributed by atoms with E-state index in [0.29, 0.717) is 18.7 Å². The molecule has 4 nitrogen and oxygen atoms in total. The minimum absolute atomic E-state index is 0.0603. The van der Waals surface area contributed by atoms with Gasteiger partial charge in [0.1, 0.15) is 5.82 Å². The maximum absolute atomic E-state index is 13.2. The van der Waals surface area contributed by atoms with Crippen LogP contribution in [0.1, 0.15) is 35.2 Å². The number of carbonyl (C=O) groups is 2. The molecular formula is C22H25FN2O2. The smallest absolute Gasteiger partial charge is 0.225 e. The molecule has 2 aromatic carbocycles. The predicted octanol–water partition coefficient (Wildman–Crippen LogP) is 4.06. The van der Waals surface area contributed by atoms with E-state index in [1.54, 1.807) is 12.1 Å². The molecule has 1 heterocycles. The molecule has 3 rings (SSSR count). The highest BCUT2D eigenvalue weighted by molar-refractivity contribution is 5.98. The van der Waals surface area contributed by atoms with Crippen molar-refractivity contribution in [3.63, 3.8) is 0 Å². The average molecular weight is 368 g/mol. The van der Waals surface area contributed by atoms with E-state index in [9.17, 15) is 14.0 Å². The molecule has 5 heteroatoms. The molecule has 1 saturated heterocycles. The number of hydrogen-bond acceptors (Lipinski definition) is 3. The lowest BCUT2D eigenvalue weighted by atomic mass is 9.88. The summed E-state index contributed by atoms with van der Waals surface area (Å²) < 4.78 is 13.2. The van der Waals surface area contributed by atoms with Crippen LogP contribution in [-0.2, 0) is 4.79 Å². The van der Waals surface area contributed by atoms with Crippen LogP contribution < -0.4 is 5.32 Å². The van der Waals surface area contributed by atoms with Gasteiger partial charge < -0.3 is 10.2 Å². The summed E-state index contributed by atoms with van der Waals surface area (Å²) in [7, 11) is 0. The van der Waals surface area contributed by atoms with Crippen molar-refractivity contribution < 1.29 is 14.0 Å². The van der Waals surface area contributed by atoms with Gasteiger partial charge in [0.25, 0.3) is 0 Å². The average Bonchev–Trinajstić information content (AvgIpc) is 2.67. The summed E-state index contributed by atoms with van der Waals surface area (Å²) >= 11 is 0. The van der Waals surface area contributed by atoms with Gasteiger partial charge in [0.2, 0.25) is 5.91 Å². The third kappa shape index (κ3) is 5.47. The van der Waals surface area contributed by atoms with Crippen molar-refractivity contribution in [1.29, 1.82) is 0 Å². The van der Waals surface area contributed by atoms with Crippen LogP contribution in [0.3, 0.4) is 0 Å². The topological polar surface area (TPSA) is 49.4 Å². The van der Waals surface area contributed by atoms with Crippen LogP contribution in [0.2, 0.25) is 0 Å². The van der Waals surface area contributed by atoms with Crippen LogP contribution in [0.25, 0.3) is 0 Å². The van der Waals surface area contributed by atoms with E-state index in [-0.39, 0.29) is 23.4 Å². The second kappa shape index (κ2) is 8.91. The van der Waals surface area contributed by atoms with Gasteiger partial charge in [0, 0.05) is 30.1 Å². The fourth-order valence-electron chi connectivity index (χ4n) is 3.42. The van der Waals surface area contributed by atoms with E-state index in [0.717, 1.165) is 37.1 Å². The molecule has 0 unspecified atom stereocenters. The van der Waals surface area contributed by atoms with Gasteiger partial charge in [-0.1, -0.05) is 35.9 Å². The Morgan fingerprint density at radius 2 is 1.81 bits per heavy atom. The number of amides is 1. The molecule has 27 heavy (non-hydrogen) atoms. The Morgan fingerprint density at radius 3 is 2.48 bits per heavy atom. The van der Waals surface area contributed by atoms with Crippen molar-refractivity contribution >= 4 is 17.4 Å². The molecule has 0 saturated carbocycles. The summed E-state index contributed by atoms with van der Waals surface area (Å²) in [6.45, 7) is 4.29. The number of Topliss-reactive ketones (excluding diaryl/α,β-unsaturated/α-hetero) is 1. The number of piperidine rings is 1. The van der Waals surface area contributed by atoms with Crippen LogP contribution in [0.5, 0.6) is 0 Å². The second-order valence-corrected chi connectivity index (χ2v) is 7.15. The highest BCUT2D eigenvalue weighted by Crippen LogP contribution is 2.22. The summed E-state index contributed by atoms with van der Waals surface area (Å²) in [4.78, 5) is 26.9. The van der Waals surface area contributed by atoms with Gasteiger partial charge in [0.05, 0.1) is 0 Å². The van der Waals surface area contributed by atoms with E-state index in [1.165, 1.54) is 12.1 Å². The molecule has 0 aliphatic carbocycles. The Morgan fingerprint density at radius 1 is 1.11 bits per heavy atom. The lowest BCUT2D eigenvalue weighted by Crippen LogP contribution is -2.38. The van der Waals surface area contributed by atoms with Gasteiger partial charge in [-0.25, -0.2) is 4.39 Å². The molecule has 1 amide bonds. The van der Waals surface area contributed by atoms with Crippen molar-refractivity contribution in [2.45, 2.75) is 26.2 Å². The van der Waals surface area contributed by atoms with E-state index >= 15 is 0 Å². The van der Waals surface area contributed by atoms with Gasteiger partial charge in [-0.3, -0.25) is 9.59 Å². The Labute approximate surface area is 159 Å². The molecule has 1 fully saturated rings. The van der Waals surface area contributed by atoms with Crippen molar-refractivity contribution in [3.8, 4) is 0 Å². The summed E-state index contributed by atoms with van der Waals surface area (Å²) in [5.41, 5.74) is 2.41. The molecule has 0 spiro atoms. The number of hydrogen-bond donors (Lipinski definition) is 1. The van der Waals surface area contributed by atoms with Crippen molar-refractivity contribution in [3.05, 3.63) is 65.5 Å². The molecule has 0 aromatic heterocycles. The molecule has 0 radical (unpaired) electrons. The van der Waals surface area contributed by atoms with Gasteiger partial charge in [0.15, 0.2) is 5.78 Å². The first-order valence-electron chi connectivity index (χ1n) is 9.40. The lowest BCUT2D eigenvalue weighted by molar-refractivity contribution is -0.116. The Balaban J connectivity index is 1.42. The molecule has 142 valence electrons. The maximum atomic E-state index is 13.2. The maximum Gasteiger partial charge on any atom is 0.225 e. The number of carbonyl (C=O) groups excluding carboxylic acids is 2. The predicted molar refractivity (Wildman–Crippen MR) is 104 cm³/mol. The van der Waals surface area contributed by atoms with Crippen molar-refractivity contribution in [2.24, 2.45) is 5.92 Å². The first kappa shape index (κ1) is 19.2. The van der Waals surface area contributed by atoms with Crippen LogP contribution in [0.4, 0.5) is 10.1 Å². The van der Waals surface area contributed by atoms with Crippen molar-refractivity contribution in [1.82, 2.24) is 4.90 Å². The quantitative estimate of drug-likeness (QED) is 0.783. The molecule has 2 aromatic rings. The van der Waals surface area contributed by atoms with E-state index < -0.39 is 0 Å². The number of nitrogens with one attached hydrogen (secondary N) is 1. The summed E-state index contributed by atoms with van der Waals surface area (Å²) in [6, 6.07) is 13.6. The van der Waals surface area contributed by atoms with Crippen LogP contribution in [0.15, 0.2) is 48.5 Å². The first-order chi connectivity index (χ1) is 13.0. The number of rotatable bonds is 6. The highest BCUT2D eigenvalue weighted by Gasteiger charge is 2.25. The molecular weight excluding hydrogens is 343 g/mol. The third-order valence-corrected chi connectivity index (χ3v) is 5.06. The van der Waals surface area contributed by atoms with E-state index in [2.05, 4.69) is 10.2 Å². The molecule has 0 atom stereocenters. The zero-order valence-electron chi connectivity index (χ0n) is 15.6. The largest absolute Gasteiger partial charge is 0.326 e. The SMILES string of the molecule is Cc1ccc(C(=O)C2CCN(CCC(=O)Nc3cccc(F)c3)CC2)cc1. The first-order valence-corrected chi connectivity index (χ1v) is 9.40. The number of anilines is 1. The summed E-state index contributed by atoms with van der Waals surface area (Å²) in [6.07, 6.45) is 1.99. The summed E-state index contributed by atoms with van der Waals surface area (Å²) in [5, 5.41) is 2.72. The van der Waals surface area contributed by atoms with Crippen LogP contribution in [0, 0.1) is 18.7 Å². The molecule has 1 N–H and O–H groups in total. The summed E-state index contributed by atoms with van der Waals surface area (Å²) in [5.74, 6) is -0.213. The van der Waals surface area contributed by atoms with E-state index in [1.807, 2.05) is 31.2 Å². The minimum Gasteiger partial charge on any atom is -0.326 e. The number of likely N-dealkylation sites (tertiary alicyclic amines) is 1. The second-order valence-electron chi connectivity index (χ2n) is 7.15. The fourth-order valence-corrected chi connectivity index (χ4v) is 3.42. The minimum atomic E-state index is -0.367. The fraction of sp³-hybridized carbons (Fsp3) is 0.364. The van der Waals surface area contributed by atoms with Gasteiger partial charge in [-0.05, 0) is 51.1 Å². The van der Waals surface area contributed by atoms with Crippen LogP contribution >= 0.6 is 0 Å². The van der Waals surface area contributed by atoms with Gasteiger partial charge >= 0.3 is 0 Å². The normalized spacial score (nSPS) is 15.5. The lowest BCUT2D eigenvalue weighted by Gasteiger charge is -2.31. The molecule has 1 aliphatic rings. The zero-order valence-corrected chi connectivity index (χ0v) is 15.6. The Hall–Kier alpha value is -2.53. The van der Waals surface area contributed by atoms with Gasteiger partial charge in [-0.2, -0.15) is 0 Å². The Kier molecular flexibility index (Phi) is 6.35. The van der Waals surface area contributed by atoms with E-state index in [4.69, 9.17) is 0 Å². The van der Waals surface area contributed by atoms with Crippen LogP contribution in [-0.4, -0.2) is 36.2 Å². The number of aryl methyl sites for hydroxylation is 1. The monoisotopic (exact) mass is 368 g/mol. The number of ketones is 1. The Bertz CT molecular complexity index is 796. The zero-order chi connectivity index (χ0) is 19.2. The third-order valence-electron chi connectivity index (χ3n) is 5.06. The standard InChI is InChI=1S/C22H25FN2O2/c1-16-5-7-17(8-6-16)22(27)18-9-12-25(13-10-18)14-11-21(26)24-20-4-2-3-19(23)15-20/h2-8,15,18H,9-14H2,1H3,(H,24,26). The van der Waals surface area contributed by atoms with Crippen molar-refractivity contribution in [2.75, 3.05) is 25.0 Å². The molecule has 1 aliphatic heterocycles. The number of halogens is 1. The highest BCUT2D eigenvalue weighted by atomic mass is 19.1. The molecule has 0 bridgehead atoms.